The van der Waals surface area contributed by atoms with Crippen LogP contribution in [-0.2, 0) is 0 Å². The molecule has 33 heavy (non-hydrogen) atoms. The van der Waals surface area contributed by atoms with Crippen LogP contribution >= 0.6 is 23.2 Å². The fourth-order valence-electron chi connectivity index (χ4n) is 4.50. The minimum Gasteiger partial charge on any atom is -0.355 e. The Kier molecular flexibility index (Phi) is 6.23. The first-order valence-electron chi connectivity index (χ1n) is 11.3. The highest BCUT2D eigenvalue weighted by molar-refractivity contribution is 6.33. The number of hydrogen-bond acceptors (Lipinski definition) is 5. The zero-order valence-electron chi connectivity index (χ0n) is 18.7. The summed E-state index contributed by atoms with van der Waals surface area (Å²) in [6.07, 6.45) is 3.76. The van der Waals surface area contributed by atoms with E-state index in [0.29, 0.717) is 22.1 Å². The third-order valence-electron chi connectivity index (χ3n) is 5.99. The van der Waals surface area contributed by atoms with Crippen LogP contribution in [0.2, 0.25) is 10.0 Å². The average Bonchev–Trinajstić information content (AvgIpc) is 3.19. The van der Waals surface area contributed by atoms with Gasteiger partial charge in [-0.3, -0.25) is 4.57 Å². The van der Waals surface area contributed by atoms with Crippen molar-refractivity contribution >= 4 is 40.2 Å². The number of hydrogen-bond donors (Lipinski definition) is 1. The van der Waals surface area contributed by atoms with Crippen molar-refractivity contribution in [2.24, 2.45) is 0 Å². The Bertz CT molecular complexity index is 1260. The van der Waals surface area contributed by atoms with E-state index in [2.05, 4.69) is 34.0 Å². The molecule has 0 unspecified atom stereocenters. The summed E-state index contributed by atoms with van der Waals surface area (Å²) in [6.45, 7) is 6.23. The van der Waals surface area contributed by atoms with Crippen molar-refractivity contribution in [3.63, 3.8) is 0 Å². The lowest BCUT2D eigenvalue weighted by atomic mass is 10.0. The minimum atomic E-state index is 0.487. The van der Waals surface area contributed by atoms with Crippen molar-refractivity contribution in [3.8, 4) is 17.1 Å². The number of fused-ring (bicyclic) bond motifs is 1. The van der Waals surface area contributed by atoms with Gasteiger partial charge in [0.15, 0.2) is 17.0 Å². The molecule has 0 aliphatic carbocycles. The zero-order chi connectivity index (χ0) is 22.9. The average molecular weight is 481 g/mol. The molecule has 5 rings (SSSR count). The molecule has 1 saturated heterocycles. The van der Waals surface area contributed by atoms with Gasteiger partial charge < -0.3 is 10.2 Å². The van der Waals surface area contributed by atoms with Crippen LogP contribution < -0.4 is 10.2 Å². The van der Waals surface area contributed by atoms with Gasteiger partial charge in [-0.2, -0.15) is 0 Å². The Balaban J connectivity index is 1.62. The quantitative estimate of drug-likeness (QED) is 0.393. The summed E-state index contributed by atoms with van der Waals surface area (Å²) in [6, 6.07) is 16.4. The molecule has 6 nitrogen and oxygen atoms in total. The second kappa shape index (κ2) is 9.29. The van der Waals surface area contributed by atoms with Crippen molar-refractivity contribution in [3.05, 3.63) is 64.9 Å². The van der Waals surface area contributed by atoms with Gasteiger partial charge in [0.1, 0.15) is 12.2 Å². The van der Waals surface area contributed by atoms with E-state index in [1.807, 2.05) is 53.1 Å². The number of imidazole rings is 1. The first-order valence-corrected chi connectivity index (χ1v) is 12.0. The highest BCUT2D eigenvalue weighted by Crippen LogP contribution is 2.35. The molecule has 3 heterocycles. The second-order valence-electron chi connectivity index (χ2n) is 8.68. The lowest BCUT2D eigenvalue weighted by Crippen LogP contribution is -2.45. The summed E-state index contributed by atoms with van der Waals surface area (Å²) < 4.78 is 2.03. The fraction of sp³-hybridized carbons (Fsp3) is 0.320. The van der Waals surface area contributed by atoms with Gasteiger partial charge in [0.2, 0.25) is 0 Å². The standard InChI is InChI=1S/C25H26Cl2N6/c1-16(2)30-18-11-13-32(14-12-18)24-22-25(29-15-28-24)33(19-9-7-17(26)8-10-19)23(31-22)20-5-3-4-6-21(20)27/h3-10,15-16,18,30H,11-14H2,1-2H3. The first-order chi connectivity index (χ1) is 16.0. The predicted molar refractivity (Wildman–Crippen MR) is 136 cm³/mol. The maximum absolute atomic E-state index is 6.59. The van der Waals surface area contributed by atoms with Crippen molar-refractivity contribution in [2.75, 3.05) is 18.0 Å². The van der Waals surface area contributed by atoms with E-state index in [1.165, 1.54) is 0 Å². The number of benzene rings is 2. The molecular formula is C25H26Cl2N6. The Labute approximate surface area is 203 Å². The van der Waals surface area contributed by atoms with Gasteiger partial charge in [-0.25, -0.2) is 15.0 Å². The van der Waals surface area contributed by atoms with Crippen LogP contribution in [0.4, 0.5) is 5.82 Å². The molecule has 1 aliphatic heterocycles. The van der Waals surface area contributed by atoms with Gasteiger partial charge in [0.25, 0.3) is 0 Å². The molecule has 2 aromatic heterocycles. The summed E-state index contributed by atoms with van der Waals surface area (Å²) in [7, 11) is 0. The molecule has 0 amide bonds. The number of anilines is 1. The van der Waals surface area contributed by atoms with E-state index in [0.717, 1.165) is 60.0 Å². The number of aromatic nitrogens is 4. The lowest BCUT2D eigenvalue weighted by molar-refractivity contribution is 0.386. The van der Waals surface area contributed by atoms with Gasteiger partial charge in [0, 0.05) is 41.4 Å². The fourth-order valence-corrected chi connectivity index (χ4v) is 4.85. The van der Waals surface area contributed by atoms with Crippen molar-refractivity contribution in [1.29, 1.82) is 0 Å². The molecule has 170 valence electrons. The molecule has 2 aromatic carbocycles. The lowest BCUT2D eigenvalue weighted by Gasteiger charge is -2.34. The molecule has 4 aromatic rings. The topological polar surface area (TPSA) is 58.9 Å². The van der Waals surface area contributed by atoms with Gasteiger partial charge >= 0.3 is 0 Å². The summed E-state index contributed by atoms with van der Waals surface area (Å²) in [4.78, 5) is 16.7. The van der Waals surface area contributed by atoms with Gasteiger partial charge in [-0.1, -0.05) is 49.2 Å². The predicted octanol–water partition coefficient (Wildman–Crippen LogP) is 5.76. The summed E-state index contributed by atoms with van der Waals surface area (Å²) in [5, 5.41) is 4.97. The smallest absolute Gasteiger partial charge is 0.170 e. The van der Waals surface area contributed by atoms with Crippen LogP contribution in [-0.4, -0.2) is 44.7 Å². The van der Waals surface area contributed by atoms with E-state index in [1.54, 1.807) is 6.33 Å². The van der Waals surface area contributed by atoms with Crippen LogP contribution in [0.5, 0.6) is 0 Å². The monoisotopic (exact) mass is 480 g/mol. The van der Waals surface area contributed by atoms with Crippen LogP contribution in [0.25, 0.3) is 28.2 Å². The number of halogens is 2. The van der Waals surface area contributed by atoms with Crippen molar-refractivity contribution < 1.29 is 0 Å². The van der Waals surface area contributed by atoms with E-state index >= 15 is 0 Å². The Morgan fingerprint density at radius 1 is 0.970 bits per heavy atom. The maximum atomic E-state index is 6.59. The normalized spacial score (nSPS) is 15.0. The van der Waals surface area contributed by atoms with E-state index < -0.39 is 0 Å². The molecule has 1 aliphatic rings. The highest BCUT2D eigenvalue weighted by Gasteiger charge is 2.26. The molecule has 8 heteroatoms. The van der Waals surface area contributed by atoms with E-state index in [9.17, 15) is 0 Å². The van der Waals surface area contributed by atoms with Crippen LogP contribution in [0.1, 0.15) is 26.7 Å². The van der Waals surface area contributed by atoms with Crippen LogP contribution in [0.15, 0.2) is 54.9 Å². The molecule has 1 fully saturated rings. The minimum absolute atomic E-state index is 0.487. The largest absolute Gasteiger partial charge is 0.355 e. The molecule has 0 saturated carbocycles. The number of piperidine rings is 1. The maximum Gasteiger partial charge on any atom is 0.170 e. The molecular weight excluding hydrogens is 455 g/mol. The Hall–Kier alpha value is -2.67. The molecule has 0 radical (unpaired) electrons. The first kappa shape index (κ1) is 22.1. The summed E-state index contributed by atoms with van der Waals surface area (Å²) in [5.74, 6) is 1.60. The van der Waals surface area contributed by atoms with Crippen molar-refractivity contribution in [1.82, 2.24) is 24.8 Å². The summed E-state index contributed by atoms with van der Waals surface area (Å²) >= 11 is 12.7. The number of nitrogens with zero attached hydrogens (tertiary/aromatic N) is 5. The Morgan fingerprint density at radius 2 is 1.70 bits per heavy atom. The number of rotatable bonds is 5. The third kappa shape index (κ3) is 4.43. The molecule has 1 N–H and O–H groups in total. The highest BCUT2D eigenvalue weighted by atomic mass is 35.5. The van der Waals surface area contributed by atoms with Gasteiger partial charge in [-0.05, 0) is 49.2 Å². The SMILES string of the molecule is CC(C)NC1CCN(c2ncnc3c2nc(-c2ccccc2Cl)n3-c2ccc(Cl)cc2)CC1. The van der Waals surface area contributed by atoms with Gasteiger partial charge in [-0.15, -0.1) is 0 Å². The zero-order valence-corrected chi connectivity index (χ0v) is 20.2. The summed E-state index contributed by atoms with van der Waals surface area (Å²) in [5.41, 5.74) is 3.29. The molecule has 0 spiro atoms. The molecule has 0 bridgehead atoms. The molecule has 0 atom stereocenters. The van der Waals surface area contributed by atoms with E-state index in [4.69, 9.17) is 28.2 Å². The Morgan fingerprint density at radius 3 is 2.39 bits per heavy atom. The van der Waals surface area contributed by atoms with Crippen LogP contribution in [0.3, 0.4) is 0 Å². The van der Waals surface area contributed by atoms with Crippen molar-refractivity contribution in [2.45, 2.75) is 38.8 Å². The second-order valence-corrected chi connectivity index (χ2v) is 9.52. The van der Waals surface area contributed by atoms with E-state index in [-0.39, 0.29) is 0 Å². The van der Waals surface area contributed by atoms with Crippen LogP contribution in [0, 0.1) is 0 Å². The van der Waals surface area contributed by atoms with Gasteiger partial charge in [0.05, 0.1) is 5.02 Å². The number of nitrogens with one attached hydrogen (secondary N) is 1. The third-order valence-corrected chi connectivity index (χ3v) is 6.57.